The van der Waals surface area contributed by atoms with E-state index < -0.39 is 30.1 Å². The Balaban J connectivity index is 1.76. The van der Waals surface area contributed by atoms with E-state index >= 15 is 0 Å². The van der Waals surface area contributed by atoms with Crippen molar-refractivity contribution in [2.24, 2.45) is 0 Å². The Labute approximate surface area is 153 Å². The van der Waals surface area contributed by atoms with Gasteiger partial charge >= 0.3 is 17.6 Å². The van der Waals surface area contributed by atoms with E-state index in [1.807, 2.05) is 17.5 Å². The van der Waals surface area contributed by atoms with Crippen LogP contribution in [0.3, 0.4) is 0 Å². The van der Waals surface area contributed by atoms with E-state index in [-0.39, 0.29) is 11.3 Å². The highest BCUT2D eigenvalue weighted by Crippen LogP contribution is 2.12. The van der Waals surface area contributed by atoms with E-state index in [4.69, 9.17) is 9.15 Å². The summed E-state index contributed by atoms with van der Waals surface area (Å²) in [6, 6.07) is 4.36. The van der Waals surface area contributed by atoms with Crippen molar-refractivity contribution >= 4 is 29.2 Å². The number of nitrogens with one attached hydrogen (secondary N) is 2. The summed E-state index contributed by atoms with van der Waals surface area (Å²) < 4.78 is 9.70. The molecule has 9 heteroatoms. The standard InChI is InChI=1S/C17H18N2O6S/c1-10-8-14(21)25-11(2)15(10)16(22)24-9-13(20)19-17(23)18-6-5-12-4-3-7-26-12/h3-4,7-8H,5-6,9H2,1-2H3,(H2,18,19,20,23). The number of imide groups is 1. The van der Waals surface area contributed by atoms with Crippen LogP contribution in [-0.2, 0) is 16.0 Å². The summed E-state index contributed by atoms with van der Waals surface area (Å²) in [6.07, 6.45) is 0.659. The minimum atomic E-state index is -0.808. The first kappa shape index (κ1) is 19.4. The van der Waals surface area contributed by atoms with Crippen LogP contribution >= 0.6 is 11.3 Å². The lowest BCUT2D eigenvalue weighted by Crippen LogP contribution is -2.42. The summed E-state index contributed by atoms with van der Waals surface area (Å²) in [6.45, 7) is 2.75. The van der Waals surface area contributed by atoms with Crippen molar-refractivity contribution in [1.29, 1.82) is 0 Å². The molecule has 0 fully saturated rings. The van der Waals surface area contributed by atoms with E-state index in [1.165, 1.54) is 6.92 Å². The molecule has 0 unspecified atom stereocenters. The third-order valence-electron chi connectivity index (χ3n) is 3.36. The Morgan fingerprint density at radius 2 is 2.04 bits per heavy atom. The van der Waals surface area contributed by atoms with Gasteiger partial charge in [0, 0.05) is 17.5 Å². The van der Waals surface area contributed by atoms with E-state index in [2.05, 4.69) is 10.6 Å². The molecule has 0 spiro atoms. The summed E-state index contributed by atoms with van der Waals surface area (Å²) in [5, 5.41) is 6.55. The molecule has 0 aromatic carbocycles. The molecule has 0 atom stereocenters. The quantitative estimate of drug-likeness (QED) is 0.737. The molecule has 0 aliphatic rings. The first-order chi connectivity index (χ1) is 12.4. The second-order valence-corrected chi connectivity index (χ2v) is 6.42. The Bertz CT molecular complexity index is 830. The smallest absolute Gasteiger partial charge is 0.342 e. The van der Waals surface area contributed by atoms with Gasteiger partial charge in [-0.25, -0.2) is 14.4 Å². The number of urea groups is 1. The van der Waals surface area contributed by atoms with Gasteiger partial charge in [-0.3, -0.25) is 10.1 Å². The van der Waals surface area contributed by atoms with Gasteiger partial charge in [0.25, 0.3) is 5.91 Å². The molecule has 2 aromatic rings. The number of hydrogen-bond acceptors (Lipinski definition) is 7. The lowest BCUT2D eigenvalue weighted by Gasteiger charge is -2.09. The summed E-state index contributed by atoms with van der Waals surface area (Å²) in [7, 11) is 0. The molecule has 0 radical (unpaired) electrons. The van der Waals surface area contributed by atoms with Crippen molar-refractivity contribution < 1.29 is 23.5 Å². The average molecular weight is 378 g/mol. The number of hydrogen-bond donors (Lipinski definition) is 2. The fourth-order valence-electron chi connectivity index (χ4n) is 2.23. The molecule has 0 aliphatic heterocycles. The fourth-order valence-corrected chi connectivity index (χ4v) is 2.94. The van der Waals surface area contributed by atoms with Crippen molar-refractivity contribution in [2.75, 3.05) is 13.2 Å². The molecule has 26 heavy (non-hydrogen) atoms. The molecule has 0 aliphatic carbocycles. The van der Waals surface area contributed by atoms with Crippen LogP contribution in [0.5, 0.6) is 0 Å². The third kappa shape index (κ3) is 5.55. The van der Waals surface area contributed by atoms with Crippen LogP contribution in [-0.4, -0.2) is 31.1 Å². The van der Waals surface area contributed by atoms with Crippen molar-refractivity contribution in [3.8, 4) is 0 Å². The number of amides is 3. The number of rotatable bonds is 6. The minimum Gasteiger partial charge on any atom is -0.452 e. The van der Waals surface area contributed by atoms with Crippen molar-refractivity contribution in [2.45, 2.75) is 20.3 Å². The maximum absolute atomic E-state index is 12.0. The van der Waals surface area contributed by atoms with Crippen molar-refractivity contribution in [1.82, 2.24) is 10.6 Å². The number of ether oxygens (including phenoxy) is 1. The molecule has 3 amide bonds. The molecule has 0 saturated carbocycles. The molecule has 8 nitrogen and oxygen atoms in total. The van der Waals surface area contributed by atoms with Gasteiger partial charge in [-0.1, -0.05) is 6.07 Å². The summed E-state index contributed by atoms with van der Waals surface area (Å²) in [5.74, 6) is -1.47. The SMILES string of the molecule is Cc1cc(=O)oc(C)c1C(=O)OCC(=O)NC(=O)NCCc1cccs1. The van der Waals surface area contributed by atoms with Gasteiger partial charge in [0.1, 0.15) is 11.3 Å². The maximum Gasteiger partial charge on any atom is 0.342 e. The van der Waals surface area contributed by atoms with Gasteiger partial charge in [0.2, 0.25) is 0 Å². The minimum absolute atomic E-state index is 0.0813. The largest absolute Gasteiger partial charge is 0.452 e. The van der Waals surface area contributed by atoms with Gasteiger partial charge in [-0.2, -0.15) is 0 Å². The Morgan fingerprint density at radius 1 is 1.27 bits per heavy atom. The molecule has 0 saturated heterocycles. The van der Waals surface area contributed by atoms with Gasteiger partial charge in [-0.05, 0) is 37.3 Å². The number of thiophene rings is 1. The zero-order valence-corrected chi connectivity index (χ0v) is 15.1. The summed E-state index contributed by atoms with van der Waals surface area (Å²) in [5.41, 5.74) is -0.109. The van der Waals surface area contributed by atoms with E-state index in [0.29, 0.717) is 18.5 Å². The molecule has 2 N–H and O–H groups in total. The van der Waals surface area contributed by atoms with Gasteiger partial charge < -0.3 is 14.5 Å². The first-order valence-corrected chi connectivity index (χ1v) is 8.63. The number of aryl methyl sites for hydroxylation is 2. The highest BCUT2D eigenvalue weighted by molar-refractivity contribution is 7.09. The van der Waals surface area contributed by atoms with Crippen LogP contribution in [0.15, 0.2) is 32.8 Å². The Morgan fingerprint density at radius 3 is 2.69 bits per heavy atom. The third-order valence-corrected chi connectivity index (χ3v) is 4.30. The molecule has 2 aromatic heterocycles. The highest BCUT2D eigenvalue weighted by Gasteiger charge is 2.18. The zero-order chi connectivity index (χ0) is 19.1. The molecule has 2 heterocycles. The van der Waals surface area contributed by atoms with Crippen LogP contribution in [0.25, 0.3) is 0 Å². The summed E-state index contributed by atoms with van der Waals surface area (Å²) >= 11 is 1.58. The predicted octanol–water partition coefficient (Wildman–Crippen LogP) is 1.54. The number of esters is 1. The highest BCUT2D eigenvalue weighted by atomic mass is 32.1. The van der Waals surface area contributed by atoms with Crippen molar-refractivity contribution in [3.63, 3.8) is 0 Å². The molecular weight excluding hydrogens is 360 g/mol. The summed E-state index contributed by atoms with van der Waals surface area (Å²) in [4.78, 5) is 47.6. The van der Waals surface area contributed by atoms with Crippen LogP contribution in [0.1, 0.15) is 26.6 Å². The van der Waals surface area contributed by atoms with Crippen LogP contribution in [0.2, 0.25) is 0 Å². The average Bonchev–Trinajstić information content (AvgIpc) is 3.05. The Hall–Kier alpha value is -2.94. The second kappa shape index (κ2) is 8.95. The lowest BCUT2D eigenvalue weighted by molar-refractivity contribution is -0.123. The van der Waals surface area contributed by atoms with E-state index in [9.17, 15) is 19.2 Å². The second-order valence-electron chi connectivity index (χ2n) is 5.39. The van der Waals surface area contributed by atoms with Gasteiger partial charge in [0.15, 0.2) is 6.61 Å². The zero-order valence-electron chi connectivity index (χ0n) is 14.3. The first-order valence-electron chi connectivity index (χ1n) is 7.75. The number of carbonyl (C=O) groups excluding carboxylic acids is 3. The van der Waals surface area contributed by atoms with E-state index in [1.54, 1.807) is 18.3 Å². The fraction of sp³-hybridized carbons (Fsp3) is 0.294. The van der Waals surface area contributed by atoms with Gasteiger partial charge in [-0.15, -0.1) is 11.3 Å². The van der Waals surface area contributed by atoms with Gasteiger partial charge in [0.05, 0.1) is 0 Å². The predicted molar refractivity (Wildman–Crippen MR) is 94.3 cm³/mol. The molecule has 0 bridgehead atoms. The molecule has 138 valence electrons. The maximum atomic E-state index is 12.0. The monoisotopic (exact) mass is 378 g/mol. The Kier molecular flexibility index (Phi) is 6.67. The lowest BCUT2D eigenvalue weighted by atomic mass is 10.1. The number of carbonyl (C=O) groups is 3. The van der Waals surface area contributed by atoms with Crippen LogP contribution < -0.4 is 16.3 Å². The van der Waals surface area contributed by atoms with Crippen molar-refractivity contribution in [3.05, 3.63) is 55.8 Å². The van der Waals surface area contributed by atoms with Crippen LogP contribution in [0.4, 0.5) is 4.79 Å². The van der Waals surface area contributed by atoms with Crippen LogP contribution in [0, 0.1) is 13.8 Å². The topological polar surface area (TPSA) is 115 Å². The van der Waals surface area contributed by atoms with E-state index in [0.717, 1.165) is 10.9 Å². The molecule has 2 rings (SSSR count). The normalized spacial score (nSPS) is 10.2. The molecular formula is C17H18N2O6S.